The first kappa shape index (κ1) is 14.3. The molecule has 0 aliphatic heterocycles. The second-order valence-electron chi connectivity index (χ2n) is 4.24. The molecule has 0 amide bonds. The van der Waals surface area contributed by atoms with Crippen molar-refractivity contribution in [3.05, 3.63) is 23.8 Å². The summed E-state index contributed by atoms with van der Waals surface area (Å²) >= 11 is 0. The van der Waals surface area contributed by atoms with Gasteiger partial charge in [0, 0.05) is 12.0 Å². The molecule has 0 spiro atoms. The molecular formula is C12H18N2O4. The van der Waals surface area contributed by atoms with Gasteiger partial charge in [0.1, 0.15) is 5.54 Å². The van der Waals surface area contributed by atoms with Gasteiger partial charge in [0.15, 0.2) is 11.5 Å². The monoisotopic (exact) mass is 254 g/mol. The van der Waals surface area contributed by atoms with Crippen molar-refractivity contribution in [3.8, 4) is 11.5 Å². The number of carboxylic acids is 1. The van der Waals surface area contributed by atoms with Gasteiger partial charge in [-0.05, 0) is 12.5 Å². The van der Waals surface area contributed by atoms with Crippen molar-refractivity contribution in [3.63, 3.8) is 0 Å². The number of hydrogen-bond donors (Lipinski definition) is 5. The average molecular weight is 254 g/mol. The number of benzene rings is 1. The summed E-state index contributed by atoms with van der Waals surface area (Å²) in [4.78, 5) is 11.4. The van der Waals surface area contributed by atoms with Crippen molar-refractivity contribution in [1.29, 1.82) is 0 Å². The molecule has 1 atom stereocenters. The van der Waals surface area contributed by atoms with E-state index in [2.05, 4.69) is 5.43 Å². The number of aromatic hydroxyl groups is 2. The fourth-order valence-corrected chi connectivity index (χ4v) is 1.93. The second-order valence-corrected chi connectivity index (χ2v) is 4.24. The first-order valence-electron chi connectivity index (χ1n) is 5.68. The molecule has 6 N–H and O–H groups in total. The quantitative estimate of drug-likeness (QED) is 0.290. The van der Waals surface area contributed by atoms with Crippen LogP contribution in [0.25, 0.3) is 0 Å². The number of hydrogen-bond acceptors (Lipinski definition) is 5. The van der Waals surface area contributed by atoms with Crippen molar-refractivity contribution in [2.75, 3.05) is 0 Å². The molecule has 1 rings (SSSR count). The second kappa shape index (κ2) is 5.70. The highest BCUT2D eigenvalue weighted by molar-refractivity contribution is 5.79. The van der Waals surface area contributed by atoms with Gasteiger partial charge in [0.05, 0.1) is 0 Å². The van der Waals surface area contributed by atoms with E-state index in [1.807, 2.05) is 6.92 Å². The number of carboxylic acid groups (broad SMARTS) is 1. The van der Waals surface area contributed by atoms with Crippen LogP contribution in [0.3, 0.4) is 0 Å². The molecule has 1 unspecified atom stereocenters. The number of para-hydroxylation sites is 1. The number of aliphatic carboxylic acids is 1. The van der Waals surface area contributed by atoms with E-state index in [9.17, 15) is 20.1 Å². The molecule has 18 heavy (non-hydrogen) atoms. The van der Waals surface area contributed by atoms with Crippen LogP contribution in [-0.4, -0.2) is 26.8 Å². The Morgan fingerprint density at radius 2 is 2.11 bits per heavy atom. The lowest BCUT2D eigenvalue weighted by Crippen LogP contribution is -2.57. The summed E-state index contributed by atoms with van der Waals surface area (Å²) in [7, 11) is 0. The van der Waals surface area contributed by atoms with Crippen LogP contribution in [0.15, 0.2) is 18.2 Å². The minimum atomic E-state index is -1.35. The number of phenols is 2. The minimum absolute atomic E-state index is 0.00704. The molecule has 0 aliphatic rings. The third-order valence-corrected chi connectivity index (χ3v) is 2.95. The fraction of sp³-hybridized carbons (Fsp3) is 0.417. The Kier molecular flexibility index (Phi) is 4.52. The normalized spacial score (nSPS) is 14.1. The molecule has 100 valence electrons. The summed E-state index contributed by atoms with van der Waals surface area (Å²) in [6.45, 7) is 1.84. The Bertz CT molecular complexity index is 436. The summed E-state index contributed by atoms with van der Waals surface area (Å²) in [5.74, 6) is 3.68. The highest BCUT2D eigenvalue weighted by Crippen LogP contribution is 2.31. The molecule has 0 saturated heterocycles. The number of carbonyl (C=O) groups is 1. The molecule has 0 fully saturated rings. The molecule has 6 heteroatoms. The molecule has 0 aliphatic carbocycles. The van der Waals surface area contributed by atoms with E-state index in [-0.39, 0.29) is 17.9 Å². The Balaban J connectivity index is 3.10. The molecule has 0 aromatic heterocycles. The number of nitrogens with one attached hydrogen (secondary N) is 1. The first-order valence-corrected chi connectivity index (χ1v) is 5.68. The first-order chi connectivity index (χ1) is 8.46. The van der Waals surface area contributed by atoms with Gasteiger partial charge in [0.2, 0.25) is 0 Å². The summed E-state index contributed by atoms with van der Waals surface area (Å²) in [6, 6.07) is 4.43. The zero-order chi connectivity index (χ0) is 13.8. The Morgan fingerprint density at radius 3 is 2.61 bits per heavy atom. The summed E-state index contributed by atoms with van der Waals surface area (Å²) in [6.07, 6.45) is 0.927. The van der Waals surface area contributed by atoms with Gasteiger partial charge >= 0.3 is 5.97 Å². The van der Waals surface area contributed by atoms with Gasteiger partial charge in [0.25, 0.3) is 0 Å². The predicted molar refractivity (Wildman–Crippen MR) is 66.1 cm³/mol. The fourth-order valence-electron chi connectivity index (χ4n) is 1.93. The zero-order valence-electron chi connectivity index (χ0n) is 10.2. The van der Waals surface area contributed by atoms with Gasteiger partial charge in [-0.15, -0.1) is 0 Å². The molecule has 6 nitrogen and oxygen atoms in total. The van der Waals surface area contributed by atoms with Gasteiger partial charge < -0.3 is 15.3 Å². The van der Waals surface area contributed by atoms with Crippen LogP contribution < -0.4 is 11.3 Å². The maximum atomic E-state index is 11.4. The van der Waals surface area contributed by atoms with Gasteiger partial charge in [-0.2, -0.15) is 0 Å². The summed E-state index contributed by atoms with van der Waals surface area (Å²) in [5.41, 5.74) is 1.31. The predicted octanol–water partition coefficient (Wildman–Crippen LogP) is 0.727. The number of nitrogens with two attached hydrogens (primary N) is 1. The van der Waals surface area contributed by atoms with Crippen molar-refractivity contribution < 1.29 is 20.1 Å². The van der Waals surface area contributed by atoms with Crippen LogP contribution in [0.5, 0.6) is 11.5 Å². The molecular weight excluding hydrogens is 236 g/mol. The number of rotatable bonds is 6. The SMILES string of the molecule is CCCC(Cc1cccc(O)c1O)(NN)C(=O)O. The molecule has 1 aromatic rings. The van der Waals surface area contributed by atoms with E-state index in [4.69, 9.17) is 5.84 Å². The van der Waals surface area contributed by atoms with Crippen LogP contribution in [0.1, 0.15) is 25.3 Å². The van der Waals surface area contributed by atoms with E-state index in [1.165, 1.54) is 6.07 Å². The molecule has 0 heterocycles. The summed E-state index contributed by atoms with van der Waals surface area (Å²) in [5, 5.41) is 28.4. The molecule has 0 saturated carbocycles. The van der Waals surface area contributed by atoms with Crippen molar-refractivity contribution >= 4 is 5.97 Å². The lowest BCUT2D eigenvalue weighted by atomic mass is 9.86. The molecule has 1 aromatic carbocycles. The third-order valence-electron chi connectivity index (χ3n) is 2.95. The third kappa shape index (κ3) is 2.72. The zero-order valence-corrected chi connectivity index (χ0v) is 10.2. The smallest absolute Gasteiger partial charge is 0.325 e. The Morgan fingerprint density at radius 1 is 1.44 bits per heavy atom. The summed E-state index contributed by atoms with van der Waals surface area (Å²) < 4.78 is 0. The number of phenolic OH excluding ortho intramolecular Hbond substituents is 2. The van der Waals surface area contributed by atoms with E-state index >= 15 is 0 Å². The molecule has 0 bridgehead atoms. The maximum absolute atomic E-state index is 11.4. The minimum Gasteiger partial charge on any atom is -0.504 e. The van der Waals surface area contributed by atoms with Crippen LogP contribution in [-0.2, 0) is 11.2 Å². The van der Waals surface area contributed by atoms with Gasteiger partial charge in [-0.25, -0.2) is 5.43 Å². The topological polar surface area (TPSA) is 116 Å². The van der Waals surface area contributed by atoms with Crippen molar-refractivity contribution in [2.24, 2.45) is 5.84 Å². The van der Waals surface area contributed by atoms with Crippen LogP contribution >= 0.6 is 0 Å². The van der Waals surface area contributed by atoms with E-state index in [1.54, 1.807) is 12.1 Å². The van der Waals surface area contributed by atoms with E-state index < -0.39 is 11.5 Å². The molecule has 0 radical (unpaired) electrons. The van der Waals surface area contributed by atoms with Gasteiger partial charge in [-0.3, -0.25) is 10.6 Å². The maximum Gasteiger partial charge on any atom is 0.325 e. The van der Waals surface area contributed by atoms with Crippen molar-refractivity contribution in [2.45, 2.75) is 31.7 Å². The van der Waals surface area contributed by atoms with Crippen LogP contribution in [0.4, 0.5) is 0 Å². The lowest BCUT2D eigenvalue weighted by molar-refractivity contribution is -0.145. The van der Waals surface area contributed by atoms with Crippen LogP contribution in [0, 0.1) is 0 Å². The standard InChI is InChI=1S/C12H18N2O4/c1-2-6-12(14-13,11(17)18)7-8-4-3-5-9(15)10(8)16/h3-5,14-16H,2,6-7,13H2,1H3,(H,17,18). The van der Waals surface area contributed by atoms with Gasteiger partial charge in [-0.1, -0.05) is 25.5 Å². The largest absolute Gasteiger partial charge is 0.504 e. The van der Waals surface area contributed by atoms with E-state index in [0.717, 1.165) is 0 Å². The number of hydrazine groups is 1. The average Bonchev–Trinajstić information content (AvgIpc) is 2.33. The van der Waals surface area contributed by atoms with E-state index in [0.29, 0.717) is 18.4 Å². The highest BCUT2D eigenvalue weighted by atomic mass is 16.4. The Labute approximate surface area is 105 Å². The van der Waals surface area contributed by atoms with Crippen molar-refractivity contribution in [1.82, 2.24) is 5.43 Å². The van der Waals surface area contributed by atoms with Crippen LogP contribution in [0.2, 0.25) is 0 Å². The lowest BCUT2D eigenvalue weighted by Gasteiger charge is -2.28. The Hall–Kier alpha value is -1.79. The highest BCUT2D eigenvalue weighted by Gasteiger charge is 2.37.